The first-order valence-electron chi connectivity index (χ1n) is 4.96. The first-order chi connectivity index (χ1) is 5.62. The van der Waals surface area contributed by atoms with E-state index >= 15 is 0 Å². The van der Waals surface area contributed by atoms with Crippen LogP contribution in [0.5, 0.6) is 0 Å². The van der Waals surface area contributed by atoms with Crippen molar-refractivity contribution in [3.05, 3.63) is 0 Å². The summed E-state index contributed by atoms with van der Waals surface area (Å²) in [6.07, 6.45) is 4.82. The lowest BCUT2D eigenvalue weighted by molar-refractivity contribution is 0.0182. The summed E-state index contributed by atoms with van der Waals surface area (Å²) < 4.78 is 5.34. The second-order valence-corrected chi connectivity index (χ2v) is 4.44. The van der Waals surface area contributed by atoms with Gasteiger partial charge < -0.3 is 10.5 Å². The molecule has 0 amide bonds. The average molecular weight is 171 g/mol. The first-order valence-corrected chi connectivity index (χ1v) is 4.96. The second-order valence-electron chi connectivity index (χ2n) is 4.44. The van der Waals surface area contributed by atoms with E-state index in [1.165, 1.54) is 19.3 Å². The Bertz CT molecular complexity index is 128. The fourth-order valence-corrected chi connectivity index (χ4v) is 1.69. The quantitative estimate of drug-likeness (QED) is 0.704. The van der Waals surface area contributed by atoms with Crippen LogP contribution in [-0.4, -0.2) is 19.3 Å². The molecule has 0 aromatic heterocycles. The predicted molar refractivity (Wildman–Crippen MR) is 51.0 cm³/mol. The molecule has 72 valence electrons. The lowest BCUT2D eigenvalue weighted by Gasteiger charge is -2.34. The van der Waals surface area contributed by atoms with Gasteiger partial charge in [-0.1, -0.05) is 6.92 Å². The van der Waals surface area contributed by atoms with E-state index in [2.05, 4.69) is 13.8 Å². The maximum atomic E-state index is 5.74. The highest BCUT2D eigenvalue weighted by Gasteiger charge is 2.26. The molecule has 2 N–H and O–H groups in total. The molecular formula is C10H21NO. The molecule has 1 atom stereocenters. The van der Waals surface area contributed by atoms with E-state index in [1.807, 2.05) is 0 Å². The summed E-state index contributed by atoms with van der Waals surface area (Å²) in [6, 6.07) is 0.352. The van der Waals surface area contributed by atoms with Crippen LogP contribution in [0.2, 0.25) is 0 Å². The standard InChI is InChI=1S/C10H21NO/c1-9(11)3-4-10(2)5-7-12-8-6-10/h9H,3-8,11H2,1-2H3. The summed E-state index contributed by atoms with van der Waals surface area (Å²) in [6.45, 7) is 6.32. The Morgan fingerprint density at radius 3 is 2.50 bits per heavy atom. The number of hydrogen-bond acceptors (Lipinski definition) is 2. The molecule has 0 spiro atoms. The number of hydrogen-bond donors (Lipinski definition) is 1. The lowest BCUT2D eigenvalue weighted by atomic mass is 9.78. The van der Waals surface area contributed by atoms with E-state index in [4.69, 9.17) is 10.5 Å². The Balaban J connectivity index is 2.26. The minimum Gasteiger partial charge on any atom is -0.381 e. The van der Waals surface area contributed by atoms with E-state index in [-0.39, 0.29) is 0 Å². The van der Waals surface area contributed by atoms with E-state index in [0.29, 0.717) is 11.5 Å². The van der Waals surface area contributed by atoms with Crippen molar-refractivity contribution >= 4 is 0 Å². The second kappa shape index (κ2) is 4.24. The summed E-state index contributed by atoms with van der Waals surface area (Å²) in [5, 5.41) is 0. The smallest absolute Gasteiger partial charge is 0.0471 e. The van der Waals surface area contributed by atoms with Gasteiger partial charge in [-0.15, -0.1) is 0 Å². The summed E-state index contributed by atoms with van der Waals surface area (Å²) in [5.74, 6) is 0. The Morgan fingerprint density at radius 2 is 2.00 bits per heavy atom. The van der Waals surface area contributed by atoms with Gasteiger partial charge in [0, 0.05) is 19.3 Å². The van der Waals surface area contributed by atoms with Crippen LogP contribution in [0.1, 0.15) is 39.5 Å². The summed E-state index contributed by atoms with van der Waals surface area (Å²) >= 11 is 0. The van der Waals surface area contributed by atoms with Crippen molar-refractivity contribution < 1.29 is 4.74 Å². The molecule has 0 radical (unpaired) electrons. The van der Waals surface area contributed by atoms with Gasteiger partial charge in [-0.2, -0.15) is 0 Å². The van der Waals surface area contributed by atoms with Crippen LogP contribution in [0.15, 0.2) is 0 Å². The molecule has 2 nitrogen and oxygen atoms in total. The normalized spacial score (nSPS) is 25.2. The maximum absolute atomic E-state index is 5.74. The predicted octanol–water partition coefficient (Wildman–Crippen LogP) is 1.93. The largest absolute Gasteiger partial charge is 0.381 e. The molecule has 1 rings (SSSR count). The van der Waals surface area contributed by atoms with E-state index < -0.39 is 0 Å². The summed E-state index contributed by atoms with van der Waals surface area (Å²) in [7, 11) is 0. The molecule has 1 heterocycles. The fraction of sp³-hybridized carbons (Fsp3) is 1.00. The van der Waals surface area contributed by atoms with Gasteiger partial charge >= 0.3 is 0 Å². The third kappa shape index (κ3) is 3.11. The Labute approximate surface area is 75.5 Å². The van der Waals surface area contributed by atoms with Crippen molar-refractivity contribution in [3.63, 3.8) is 0 Å². The fourth-order valence-electron chi connectivity index (χ4n) is 1.69. The van der Waals surface area contributed by atoms with Crippen LogP contribution in [0, 0.1) is 5.41 Å². The summed E-state index contributed by atoms with van der Waals surface area (Å²) in [4.78, 5) is 0. The molecule has 0 bridgehead atoms. The van der Waals surface area contributed by atoms with Crippen molar-refractivity contribution in [1.82, 2.24) is 0 Å². The molecule has 1 saturated heterocycles. The van der Waals surface area contributed by atoms with Gasteiger partial charge in [0.1, 0.15) is 0 Å². The molecule has 0 saturated carbocycles. The Morgan fingerprint density at radius 1 is 1.42 bits per heavy atom. The molecule has 2 heteroatoms. The zero-order chi connectivity index (χ0) is 9.03. The molecular weight excluding hydrogens is 150 g/mol. The lowest BCUT2D eigenvalue weighted by Crippen LogP contribution is -2.28. The molecule has 1 unspecified atom stereocenters. The van der Waals surface area contributed by atoms with Gasteiger partial charge in [0.25, 0.3) is 0 Å². The zero-order valence-corrected chi connectivity index (χ0v) is 8.31. The number of nitrogens with two attached hydrogens (primary N) is 1. The SMILES string of the molecule is CC(N)CCC1(C)CCOCC1. The van der Waals surface area contributed by atoms with Crippen molar-refractivity contribution in [3.8, 4) is 0 Å². The van der Waals surface area contributed by atoms with Gasteiger partial charge in [0.2, 0.25) is 0 Å². The molecule has 1 fully saturated rings. The highest BCUT2D eigenvalue weighted by atomic mass is 16.5. The molecule has 1 aliphatic heterocycles. The zero-order valence-electron chi connectivity index (χ0n) is 8.31. The highest BCUT2D eigenvalue weighted by molar-refractivity contribution is 4.78. The van der Waals surface area contributed by atoms with Crippen LogP contribution in [0.3, 0.4) is 0 Å². The van der Waals surface area contributed by atoms with E-state index in [9.17, 15) is 0 Å². The topological polar surface area (TPSA) is 35.2 Å². The third-order valence-corrected chi connectivity index (χ3v) is 2.90. The van der Waals surface area contributed by atoms with Crippen LogP contribution in [0.25, 0.3) is 0 Å². The van der Waals surface area contributed by atoms with Crippen molar-refractivity contribution in [2.75, 3.05) is 13.2 Å². The van der Waals surface area contributed by atoms with Gasteiger partial charge in [-0.3, -0.25) is 0 Å². The molecule has 0 aliphatic carbocycles. The van der Waals surface area contributed by atoms with Gasteiger partial charge in [-0.05, 0) is 38.0 Å². The average Bonchev–Trinajstić information content (AvgIpc) is 2.03. The number of ether oxygens (including phenoxy) is 1. The van der Waals surface area contributed by atoms with Crippen molar-refractivity contribution in [2.24, 2.45) is 11.1 Å². The molecule has 0 aromatic carbocycles. The maximum Gasteiger partial charge on any atom is 0.0471 e. The van der Waals surface area contributed by atoms with Crippen molar-refractivity contribution in [2.45, 2.75) is 45.6 Å². The molecule has 0 aromatic rings. The summed E-state index contributed by atoms with van der Waals surface area (Å²) in [5.41, 5.74) is 6.24. The van der Waals surface area contributed by atoms with E-state index in [1.54, 1.807) is 0 Å². The minimum atomic E-state index is 0.352. The first kappa shape index (κ1) is 10.0. The minimum absolute atomic E-state index is 0.352. The Kier molecular flexibility index (Phi) is 3.53. The highest BCUT2D eigenvalue weighted by Crippen LogP contribution is 2.34. The van der Waals surface area contributed by atoms with Crippen LogP contribution >= 0.6 is 0 Å². The van der Waals surface area contributed by atoms with Crippen LogP contribution in [0.4, 0.5) is 0 Å². The monoisotopic (exact) mass is 171 g/mol. The molecule has 12 heavy (non-hydrogen) atoms. The van der Waals surface area contributed by atoms with Crippen LogP contribution in [-0.2, 0) is 4.74 Å². The van der Waals surface area contributed by atoms with E-state index in [0.717, 1.165) is 19.6 Å². The molecule has 1 aliphatic rings. The van der Waals surface area contributed by atoms with Crippen molar-refractivity contribution in [1.29, 1.82) is 0 Å². The van der Waals surface area contributed by atoms with Gasteiger partial charge in [0.05, 0.1) is 0 Å². The number of rotatable bonds is 3. The van der Waals surface area contributed by atoms with Gasteiger partial charge in [0.15, 0.2) is 0 Å². The Hall–Kier alpha value is -0.0800. The van der Waals surface area contributed by atoms with Gasteiger partial charge in [-0.25, -0.2) is 0 Å². The third-order valence-electron chi connectivity index (χ3n) is 2.90. The van der Waals surface area contributed by atoms with Crippen LogP contribution < -0.4 is 5.73 Å².